The molecule has 0 aliphatic rings. The number of rotatable bonds is 8. The van der Waals surface area contributed by atoms with Gasteiger partial charge in [0, 0.05) is 6.04 Å². The van der Waals surface area contributed by atoms with Crippen molar-refractivity contribution in [2.24, 2.45) is 5.92 Å². The molecule has 1 nitrogen and oxygen atoms in total. The molecule has 2 atom stereocenters. The van der Waals surface area contributed by atoms with Crippen molar-refractivity contribution in [1.82, 2.24) is 5.32 Å². The lowest BCUT2D eigenvalue weighted by atomic mass is 9.99. The van der Waals surface area contributed by atoms with Gasteiger partial charge in [-0.1, -0.05) is 44.7 Å². The van der Waals surface area contributed by atoms with E-state index in [-0.39, 0.29) is 0 Å². The maximum absolute atomic E-state index is 5.95. The van der Waals surface area contributed by atoms with Crippen molar-refractivity contribution in [3.8, 4) is 0 Å². The molecule has 0 radical (unpaired) electrons. The molecule has 0 aliphatic carbocycles. The van der Waals surface area contributed by atoms with Gasteiger partial charge in [0.2, 0.25) is 0 Å². The zero-order valence-electron chi connectivity index (χ0n) is 11.1. The van der Waals surface area contributed by atoms with Crippen molar-refractivity contribution in [2.75, 3.05) is 6.54 Å². The molecule has 1 aromatic rings. The van der Waals surface area contributed by atoms with Crippen LogP contribution in [-0.2, 0) is 0 Å². The minimum absolute atomic E-state index is 0.412. The third-order valence-corrected chi connectivity index (χ3v) is 4.45. The Morgan fingerprint density at radius 1 is 1.41 bits per heavy atom. The maximum Gasteiger partial charge on any atom is 0.0931 e. The molecule has 3 heteroatoms. The molecule has 17 heavy (non-hydrogen) atoms. The van der Waals surface area contributed by atoms with Gasteiger partial charge in [-0.3, -0.25) is 0 Å². The zero-order chi connectivity index (χ0) is 12.7. The maximum atomic E-state index is 5.95. The predicted octanol–water partition coefficient (Wildman–Crippen LogP) is 5.27. The quantitative estimate of drug-likeness (QED) is 0.680. The van der Waals surface area contributed by atoms with E-state index in [0.29, 0.717) is 6.04 Å². The molecule has 0 saturated heterocycles. The molecule has 2 unspecified atom stereocenters. The fourth-order valence-corrected chi connectivity index (χ4v) is 2.94. The van der Waals surface area contributed by atoms with Crippen LogP contribution in [0.4, 0.5) is 0 Å². The molecule has 1 aromatic heterocycles. The van der Waals surface area contributed by atoms with E-state index in [0.717, 1.165) is 16.8 Å². The smallest absolute Gasteiger partial charge is 0.0931 e. The molecule has 0 aliphatic heterocycles. The monoisotopic (exact) mass is 273 g/mol. The number of nitrogens with one attached hydrogen (secondary N) is 1. The molecule has 0 bridgehead atoms. The number of thiophene rings is 1. The van der Waals surface area contributed by atoms with Gasteiger partial charge < -0.3 is 5.32 Å². The average Bonchev–Trinajstić information content (AvgIpc) is 2.76. The Bertz CT molecular complexity index is 311. The van der Waals surface area contributed by atoms with Gasteiger partial charge in [-0.05, 0) is 42.8 Å². The van der Waals surface area contributed by atoms with Crippen LogP contribution in [0.25, 0.3) is 0 Å². The van der Waals surface area contributed by atoms with Crippen molar-refractivity contribution in [3.63, 3.8) is 0 Å². The first kappa shape index (κ1) is 15.0. The van der Waals surface area contributed by atoms with Gasteiger partial charge in [-0.15, -0.1) is 11.3 Å². The highest BCUT2D eigenvalue weighted by molar-refractivity contribution is 7.14. The summed E-state index contributed by atoms with van der Waals surface area (Å²) in [5, 5.41) is 5.77. The summed E-state index contributed by atoms with van der Waals surface area (Å²) in [5.74, 6) is 0.812. The van der Waals surface area contributed by atoms with Crippen LogP contribution < -0.4 is 5.32 Å². The first-order valence-electron chi connectivity index (χ1n) is 6.64. The summed E-state index contributed by atoms with van der Waals surface area (Å²) in [6, 6.07) is 2.48. The standard InChI is InChI=1S/C14H24ClNS/c1-4-6-7-12(5-2)9-16-11(3)13-8-14(15)17-10-13/h8,10-12,16H,4-7,9H2,1-3H3. The molecule has 0 fully saturated rings. The highest BCUT2D eigenvalue weighted by atomic mass is 35.5. The lowest BCUT2D eigenvalue weighted by molar-refractivity contribution is 0.399. The summed E-state index contributed by atoms with van der Waals surface area (Å²) in [5.41, 5.74) is 1.31. The number of unbranched alkanes of at least 4 members (excludes halogenated alkanes) is 1. The second-order valence-corrected chi connectivity index (χ2v) is 6.27. The van der Waals surface area contributed by atoms with Gasteiger partial charge in [0.25, 0.3) is 0 Å². The molecule has 0 aromatic carbocycles. The second kappa shape index (κ2) is 8.12. The second-order valence-electron chi connectivity index (χ2n) is 4.73. The normalized spacial score (nSPS) is 14.8. The zero-order valence-corrected chi connectivity index (χ0v) is 12.7. The highest BCUT2D eigenvalue weighted by Gasteiger charge is 2.10. The van der Waals surface area contributed by atoms with Crippen LogP contribution in [-0.4, -0.2) is 6.54 Å². The third-order valence-electron chi connectivity index (χ3n) is 3.34. The minimum Gasteiger partial charge on any atom is -0.310 e. The largest absolute Gasteiger partial charge is 0.310 e. The van der Waals surface area contributed by atoms with Gasteiger partial charge >= 0.3 is 0 Å². The van der Waals surface area contributed by atoms with Crippen LogP contribution in [0.3, 0.4) is 0 Å². The number of hydrogen-bond acceptors (Lipinski definition) is 2. The minimum atomic E-state index is 0.412. The van der Waals surface area contributed by atoms with Gasteiger partial charge in [-0.2, -0.15) is 0 Å². The fraction of sp³-hybridized carbons (Fsp3) is 0.714. The van der Waals surface area contributed by atoms with Gasteiger partial charge in [0.05, 0.1) is 4.34 Å². The van der Waals surface area contributed by atoms with Crippen LogP contribution in [0.2, 0.25) is 4.34 Å². The van der Waals surface area contributed by atoms with E-state index in [4.69, 9.17) is 11.6 Å². The predicted molar refractivity (Wildman–Crippen MR) is 79.1 cm³/mol. The molecular weight excluding hydrogens is 250 g/mol. The topological polar surface area (TPSA) is 12.0 Å². The Labute approximate surface area is 115 Å². The van der Waals surface area contributed by atoms with Gasteiger partial charge in [0.15, 0.2) is 0 Å². The molecule has 0 spiro atoms. The highest BCUT2D eigenvalue weighted by Crippen LogP contribution is 2.25. The van der Waals surface area contributed by atoms with E-state index in [1.807, 2.05) is 0 Å². The lowest BCUT2D eigenvalue weighted by Crippen LogP contribution is -2.25. The summed E-state index contributed by atoms with van der Waals surface area (Å²) in [6.07, 6.45) is 5.26. The first-order valence-corrected chi connectivity index (χ1v) is 7.90. The van der Waals surface area contributed by atoms with E-state index in [2.05, 4.69) is 37.5 Å². The lowest BCUT2D eigenvalue weighted by Gasteiger charge is -2.19. The third kappa shape index (κ3) is 5.41. The summed E-state index contributed by atoms with van der Waals surface area (Å²) in [6.45, 7) is 7.88. The summed E-state index contributed by atoms with van der Waals surface area (Å²) < 4.78 is 0.881. The Kier molecular flexibility index (Phi) is 7.17. The summed E-state index contributed by atoms with van der Waals surface area (Å²) >= 11 is 7.57. The van der Waals surface area contributed by atoms with Gasteiger partial charge in [-0.25, -0.2) is 0 Å². The molecule has 0 amide bonds. The summed E-state index contributed by atoms with van der Waals surface area (Å²) in [7, 11) is 0. The van der Waals surface area contributed by atoms with Crippen molar-refractivity contribution in [2.45, 2.75) is 52.5 Å². The molecule has 1 N–H and O–H groups in total. The Balaban J connectivity index is 2.33. The van der Waals surface area contributed by atoms with Crippen LogP contribution >= 0.6 is 22.9 Å². The van der Waals surface area contributed by atoms with E-state index < -0.39 is 0 Å². The molecular formula is C14H24ClNS. The Morgan fingerprint density at radius 3 is 2.71 bits per heavy atom. The van der Waals surface area contributed by atoms with E-state index >= 15 is 0 Å². The Morgan fingerprint density at radius 2 is 2.18 bits per heavy atom. The molecule has 1 rings (SSSR count). The van der Waals surface area contributed by atoms with E-state index in [1.165, 1.54) is 31.2 Å². The molecule has 98 valence electrons. The van der Waals surface area contributed by atoms with Crippen LogP contribution in [0.5, 0.6) is 0 Å². The number of halogens is 1. The molecule has 0 saturated carbocycles. The molecule has 1 heterocycles. The Hall–Kier alpha value is -0.0500. The summed E-state index contributed by atoms with van der Waals surface area (Å²) in [4.78, 5) is 0. The van der Waals surface area contributed by atoms with Crippen LogP contribution in [0.15, 0.2) is 11.4 Å². The van der Waals surface area contributed by atoms with Crippen molar-refractivity contribution in [1.29, 1.82) is 0 Å². The van der Waals surface area contributed by atoms with Crippen molar-refractivity contribution in [3.05, 3.63) is 21.3 Å². The van der Waals surface area contributed by atoms with Crippen molar-refractivity contribution < 1.29 is 0 Å². The number of hydrogen-bond donors (Lipinski definition) is 1. The average molecular weight is 274 g/mol. The van der Waals surface area contributed by atoms with Crippen LogP contribution in [0, 0.1) is 5.92 Å². The van der Waals surface area contributed by atoms with E-state index in [1.54, 1.807) is 11.3 Å². The van der Waals surface area contributed by atoms with E-state index in [9.17, 15) is 0 Å². The van der Waals surface area contributed by atoms with Crippen LogP contribution in [0.1, 0.15) is 58.1 Å². The first-order chi connectivity index (χ1) is 8.17. The van der Waals surface area contributed by atoms with Crippen molar-refractivity contribution >= 4 is 22.9 Å². The van der Waals surface area contributed by atoms with Gasteiger partial charge in [0.1, 0.15) is 0 Å². The fourth-order valence-electron chi connectivity index (χ4n) is 1.96. The SMILES string of the molecule is CCCCC(CC)CNC(C)c1csc(Cl)c1.